The van der Waals surface area contributed by atoms with E-state index in [0.717, 1.165) is 25.4 Å². The highest BCUT2D eigenvalue weighted by molar-refractivity contribution is 5.77. The molecule has 0 amide bonds. The van der Waals surface area contributed by atoms with Crippen molar-refractivity contribution < 1.29 is 9.47 Å². The molecule has 0 aromatic heterocycles. The second-order valence-electron chi connectivity index (χ2n) is 6.34. The summed E-state index contributed by atoms with van der Waals surface area (Å²) in [5, 5.41) is 3.06. The van der Waals surface area contributed by atoms with Crippen molar-refractivity contribution in [2.45, 2.75) is 39.5 Å². The second kappa shape index (κ2) is 10.1. The van der Waals surface area contributed by atoms with Crippen LogP contribution >= 0.6 is 0 Å². The van der Waals surface area contributed by atoms with Gasteiger partial charge in [0.2, 0.25) is 0 Å². The minimum Gasteiger partial charge on any atom is -0.491 e. The molecule has 0 spiro atoms. The van der Waals surface area contributed by atoms with E-state index in [2.05, 4.69) is 37.1 Å². The Hall–Kier alpha value is -1.75. The molecule has 1 aromatic carbocycles. The lowest BCUT2D eigenvalue weighted by atomic mass is 9.86. The fraction of sp³-hybridized carbons (Fsp3) is 0.611. The molecule has 23 heavy (non-hydrogen) atoms. The van der Waals surface area contributed by atoms with Gasteiger partial charge in [-0.05, 0) is 30.4 Å². The summed E-state index contributed by atoms with van der Waals surface area (Å²) in [6, 6.07) is 8.15. The first-order valence-electron chi connectivity index (χ1n) is 8.29. The third-order valence-electron chi connectivity index (χ3n) is 3.29. The van der Waals surface area contributed by atoms with E-state index in [4.69, 9.17) is 15.2 Å². The first-order valence-corrected chi connectivity index (χ1v) is 8.29. The zero-order valence-electron chi connectivity index (χ0n) is 14.9. The van der Waals surface area contributed by atoms with Crippen LogP contribution in [0.2, 0.25) is 0 Å². The van der Waals surface area contributed by atoms with Crippen molar-refractivity contribution in [3.05, 3.63) is 29.8 Å². The summed E-state index contributed by atoms with van der Waals surface area (Å²) in [6.45, 7) is 11.8. The van der Waals surface area contributed by atoms with E-state index in [-0.39, 0.29) is 5.41 Å². The number of nitrogens with two attached hydrogens (primary N) is 1. The van der Waals surface area contributed by atoms with Gasteiger partial charge in [-0.2, -0.15) is 0 Å². The molecule has 0 unspecified atom stereocenters. The second-order valence-corrected chi connectivity index (χ2v) is 6.34. The molecule has 0 bridgehead atoms. The number of nitrogens with one attached hydrogen (secondary N) is 1. The van der Waals surface area contributed by atoms with Crippen molar-refractivity contribution in [1.82, 2.24) is 5.32 Å². The topological polar surface area (TPSA) is 68.9 Å². The van der Waals surface area contributed by atoms with E-state index >= 15 is 0 Å². The molecule has 0 saturated heterocycles. The maximum absolute atomic E-state index is 5.88. The summed E-state index contributed by atoms with van der Waals surface area (Å²) >= 11 is 0. The monoisotopic (exact) mass is 321 g/mol. The van der Waals surface area contributed by atoms with Gasteiger partial charge in [0, 0.05) is 19.8 Å². The molecule has 5 nitrogen and oxygen atoms in total. The molecular formula is C18H31N3O2. The van der Waals surface area contributed by atoms with Gasteiger partial charge < -0.3 is 20.5 Å². The predicted molar refractivity (Wildman–Crippen MR) is 96.2 cm³/mol. The average molecular weight is 321 g/mol. The number of nitrogens with zero attached hydrogens (tertiary/aromatic N) is 1. The van der Waals surface area contributed by atoms with Crippen LogP contribution in [0.4, 0.5) is 0 Å². The van der Waals surface area contributed by atoms with E-state index in [1.165, 1.54) is 5.56 Å². The van der Waals surface area contributed by atoms with Crippen LogP contribution in [0.25, 0.3) is 0 Å². The number of hydrogen-bond donors (Lipinski definition) is 2. The predicted octanol–water partition coefficient (Wildman–Crippen LogP) is 2.69. The Labute approximate surface area is 140 Å². The van der Waals surface area contributed by atoms with Gasteiger partial charge in [0.1, 0.15) is 12.4 Å². The molecule has 1 rings (SSSR count). The van der Waals surface area contributed by atoms with Crippen molar-refractivity contribution in [3.8, 4) is 5.75 Å². The Balaban J connectivity index is 2.31. The van der Waals surface area contributed by atoms with E-state index in [0.29, 0.717) is 25.7 Å². The van der Waals surface area contributed by atoms with Crippen LogP contribution in [0.15, 0.2) is 29.3 Å². The zero-order chi connectivity index (χ0) is 17.1. The van der Waals surface area contributed by atoms with Crippen LogP contribution in [-0.2, 0) is 10.2 Å². The normalized spacial score (nSPS) is 12.3. The van der Waals surface area contributed by atoms with Crippen molar-refractivity contribution in [1.29, 1.82) is 0 Å². The number of rotatable bonds is 9. The summed E-state index contributed by atoms with van der Waals surface area (Å²) < 4.78 is 11.1. The Morgan fingerprint density at radius 2 is 1.96 bits per heavy atom. The van der Waals surface area contributed by atoms with Crippen LogP contribution in [0.5, 0.6) is 5.75 Å². The molecule has 130 valence electrons. The highest BCUT2D eigenvalue weighted by Crippen LogP contribution is 2.30. The van der Waals surface area contributed by atoms with Gasteiger partial charge in [-0.1, -0.05) is 39.0 Å². The maximum Gasteiger partial charge on any atom is 0.188 e. The number of guanidine groups is 1. The molecule has 5 heteroatoms. The molecule has 0 radical (unpaired) electrons. The first-order chi connectivity index (χ1) is 10.9. The summed E-state index contributed by atoms with van der Waals surface area (Å²) in [5.74, 6) is 1.38. The van der Waals surface area contributed by atoms with Gasteiger partial charge in [-0.25, -0.2) is 0 Å². The number of ether oxygens (including phenoxy) is 2. The smallest absolute Gasteiger partial charge is 0.188 e. The third-order valence-corrected chi connectivity index (χ3v) is 3.29. The quantitative estimate of drug-likeness (QED) is 0.417. The highest BCUT2D eigenvalue weighted by Gasteiger charge is 2.18. The molecular weight excluding hydrogens is 290 g/mol. The van der Waals surface area contributed by atoms with Crippen LogP contribution in [0.3, 0.4) is 0 Å². The summed E-state index contributed by atoms with van der Waals surface area (Å²) in [6.07, 6.45) is 0.881. The van der Waals surface area contributed by atoms with Crippen LogP contribution in [0, 0.1) is 0 Å². The van der Waals surface area contributed by atoms with E-state index in [1.54, 1.807) is 0 Å². The molecule has 0 aliphatic rings. The minimum atomic E-state index is 0.0606. The number of benzene rings is 1. The fourth-order valence-electron chi connectivity index (χ4n) is 2.12. The lowest BCUT2D eigenvalue weighted by Gasteiger charge is -2.22. The van der Waals surface area contributed by atoms with Crippen molar-refractivity contribution in [3.63, 3.8) is 0 Å². The zero-order valence-corrected chi connectivity index (χ0v) is 14.9. The largest absolute Gasteiger partial charge is 0.491 e. The summed E-state index contributed by atoms with van der Waals surface area (Å²) in [7, 11) is 0. The number of hydrogen-bond acceptors (Lipinski definition) is 3. The number of aliphatic imine (C=N–C) groups is 1. The Morgan fingerprint density at radius 3 is 2.65 bits per heavy atom. The Morgan fingerprint density at radius 1 is 1.22 bits per heavy atom. The van der Waals surface area contributed by atoms with Crippen molar-refractivity contribution in [2.75, 3.05) is 32.9 Å². The average Bonchev–Trinajstić information content (AvgIpc) is 2.51. The lowest BCUT2D eigenvalue weighted by Crippen LogP contribution is -2.35. The van der Waals surface area contributed by atoms with Crippen LogP contribution < -0.4 is 15.8 Å². The highest BCUT2D eigenvalue weighted by atomic mass is 16.5. The van der Waals surface area contributed by atoms with Gasteiger partial charge in [0.25, 0.3) is 0 Å². The number of para-hydroxylation sites is 1. The molecule has 0 fully saturated rings. The minimum absolute atomic E-state index is 0.0606. The molecule has 0 aliphatic heterocycles. The van der Waals surface area contributed by atoms with Gasteiger partial charge in [0.15, 0.2) is 5.96 Å². The molecule has 0 saturated carbocycles. The van der Waals surface area contributed by atoms with Gasteiger partial charge in [-0.3, -0.25) is 4.99 Å². The van der Waals surface area contributed by atoms with Crippen molar-refractivity contribution in [2.24, 2.45) is 10.7 Å². The summed E-state index contributed by atoms with van der Waals surface area (Å²) in [5.41, 5.74) is 7.08. The maximum atomic E-state index is 5.88. The fourth-order valence-corrected chi connectivity index (χ4v) is 2.12. The van der Waals surface area contributed by atoms with Crippen molar-refractivity contribution >= 4 is 5.96 Å². The first kappa shape index (κ1) is 19.3. The third kappa shape index (κ3) is 7.88. The van der Waals surface area contributed by atoms with E-state index in [9.17, 15) is 0 Å². The Bertz CT molecular complexity index is 481. The molecule has 0 atom stereocenters. The van der Waals surface area contributed by atoms with Crippen LogP contribution in [-0.4, -0.2) is 38.9 Å². The van der Waals surface area contributed by atoms with Crippen LogP contribution in [0.1, 0.15) is 39.7 Å². The SMILES string of the molecule is CCOCCCN=C(N)NCCOc1ccccc1C(C)(C)C. The standard InChI is InChI=1S/C18H31N3O2/c1-5-22-13-8-11-20-17(19)21-12-14-23-16-10-7-6-9-15(16)18(2,3)4/h6-7,9-10H,5,8,11-14H2,1-4H3,(H3,19,20,21). The van der Waals surface area contributed by atoms with E-state index < -0.39 is 0 Å². The van der Waals surface area contributed by atoms with E-state index in [1.807, 2.05) is 25.1 Å². The van der Waals surface area contributed by atoms with Gasteiger partial charge in [-0.15, -0.1) is 0 Å². The Kier molecular flexibility index (Phi) is 8.48. The summed E-state index contributed by atoms with van der Waals surface area (Å²) in [4.78, 5) is 4.25. The molecule has 1 aromatic rings. The molecule has 0 heterocycles. The van der Waals surface area contributed by atoms with Gasteiger partial charge in [0.05, 0.1) is 6.54 Å². The molecule has 0 aliphatic carbocycles. The molecule has 3 N–H and O–H groups in total. The lowest BCUT2D eigenvalue weighted by molar-refractivity contribution is 0.146. The van der Waals surface area contributed by atoms with Gasteiger partial charge >= 0.3 is 0 Å².